The summed E-state index contributed by atoms with van der Waals surface area (Å²) < 4.78 is 0.942. The number of aromatic carboxylic acids is 1. The highest BCUT2D eigenvalue weighted by Gasteiger charge is 2.17. The Bertz CT molecular complexity index is 741. The van der Waals surface area contributed by atoms with E-state index in [1.165, 1.54) is 6.07 Å². The number of benzene rings is 2. The molecule has 0 aromatic heterocycles. The van der Waals surface area contributed by atoms with Gasteiger partial charge in [-0.05, 0) is 54.8 Å². The van der Waals surface area contributed by atoms with Crippen LogP contribution < -0.4 is 0 Å². The standard InChI is InChI=1S/C19H20BrNO3/c1-3-9-21(4-2)18(22)15-10-14(11-16(12-15)19(23)24)13-5-7-17(20)8-6-13/h5-8,10-12H,3-4,9H2,1-2H3,(H,23,24). The first-order valence-corrected chi connectivity index (χ1v) is 8.69. The largest absolute Gasteiger partial charge is 0.478 e. The number of carbonyl (C=O) groups is 2. The number of rotatable bonds is 6. The summed E-state index contributed by atoms with van der Waals surface area (Å²) in [5, 5.41) is 9.37. The maximum atomic E-state index is 12.7. The highest BCUT2D eigenvalue weighted by atomic mass is 79.9. The van der Waals surface area contributed by atoms with Crippen LogP contribution in [0.3, 0.4) is 0 Å². The van der Waals surface area contributed by atoms with Crippen molar-refractivity contribution in [2.75, 3.05) is 13.1 Å². The number of hydrogen-bond donors (Lipinski definition) is 1. The molecule has 0 saturated heterocycles. The lowest BCUT2D eigenvalue weighted by Gasteiger charge is -2.20. The van der Waals surface area contributed by atoms with Crippen molar-refractivity contribution < 1.29 is 14.7 Å². The van der Waals surface area contributed by atoms with Gasteiger partial charge in [0.2, 0.25) is 0 Å². The number of hydrogen-bond acceptors (Lipinski definition) is 2. The molecule has 24 heavy (non-hydrogen) atoms. The summed E-state index contributed by atoms with van der Waals surface area (Å²) in [6, 6.07) is 12.4. The van der Waals surface area contributed by atoms with Crippen molar-refractivity contribution in [2.24, 2.45) is 0 Å². The van der Waals surface area contributed by atoms with Crippen LogP contribution in [0.4, 0.5) is 0 Å². The summed E-state index contributed by atoms with van der Waals surface area (Å²) >= 11 is 3.38. The molecule has 0 aliphatic carbocycles. The van der Waals surface area contributed by atoms with Gasteiger partial charge in [0.1, 0.15) is 0 Å². The second kappa shape index (κ2) is 8.11. The summed E-state index contributed by atoms with van der Waals surface area (Å²) in [4.78, 5) is 25.9. The molecule has 0 heterocycles. The first kappa shape index (κ1) is 18.2. The van der Waals surface area contributed by atoms with E-state index in [2.05, 4.69) is 15.9 Å². The summed E-state index contributed by atoms with van der Waals surface area (Å²) in [7, 11) is 0. The molecule has 1 N–H and O–H groups in total. The Morgan fingerprint density at radius 3 is 2.17 bits per heavy atom. The van der Waals surface area contributed by atoms with E-state index in [4.69, 9.17) is 0 Å². The second-order valence-electron chi connectivity index (χ2n) is 5.50. The summed E-state index contributed by atoms with van der Waals surface area (Å²) in [5.74, 6) is -1.18. The third kappa shape index (κ3) is 4.23. The zero-order valence-corrected chi connectivity index (χ0v) is 15.3. The average molecular weight is 390 g/mol. The van der Waals surface area contributed by atoms with Crippen LogP contribution in [0.2, 0.25) is 0 Å². The molecule has 0 fully saturated rings. The fourth-order valence-corrected chi connectivity index (χ4v) is 2.80. The van der Waals surface area contributed by atoms with Crippen LogP contribution in [0.1, 0.15) is 41.0 Å². The van der Waals surface area contributed by atoms with E-state index < -0.39 is 5.97 Å². The zero-order chi connectivity index (χ0) is 17.7. The number of nitrogens with zero attached hydrogens (tertiary/aromatic N) is 1. The molecular formula is C19H20BrNO3. The molecule has 126 valence electrons. The molecule has 0 aliphatic rings. The van der Waals surface area contributed by atoms with E-state index in [1.807, 2.05) is 38.1 Å². The van der Waals surface area contributed by atoms with Crippen molar-refractivity contribution in [1.82, 2.24) is 4.90 Å². The van der Waals surface area contributed by atoms with Crippen molar-refractivity contribution in [3.05, 3.63) is 58.1 Å². The quantitative estimate of drug-likeness (QED) is 0.779. The van der Waals surface area contributed by atoms with E-state index in [0.717, 1.165) is 22.0 Å². The molecule has 0 bridgehead atoms. The highest BCUT2D eigenvalue weighted by molar-refractivity contribution is 9.10. The predicted molar refractivity (Wildman–Crippen MR) is 98.4 cm³/mol. The van der Waals surface area contributed by atoms with Crippen LogP contribution in [0.5, 0.6) is 0 Å². The Morgan fingerprint density at radius 1 is 1.00 bits per heavy atom. The first-order valence-electron chi connectivity index (χ1n) is 7.89. The predicted octanol–water partition coefficient (Wildman–Crippen LogP) is 4.69. The van der Waals surface area contributed by atoms with Gasteiger partial charge in [0.05, 0.1) is 5.56 Å². The molecule has 0 radical (unpaired) electrons. The first-order chi connectivity index (χ1) is 11.5. The number of carboxylic acid groups (broad SMARTS) is 1. The molecule has 1 amide bonds. The number of halogens is 1. The molecule has 0 aliphatic heterocycles. The number of carbonyl (C=O) groups excluding carboxylic acids is 1. The molecule has 2 aromatic carbocycles. The van der Waals surface area contributed by atoms with Crippen molar-refractivity contribution in [1.29, 1.82) is 0 Å². The minimum atomic E-state index is -1.04. The van der Waals surface area contributed by atoms with Gasteiger partial charge in [-0.3, -0.25) is 4.79 Å². The second-order valence-corrected chi connectivity index (χ2v) is 6.41. The zero-order valence-electron chi connectivity index (χ0n) is 13.8. The van der Waals surface area contributed by atoms with Gasteiger partial charge in [0.15, 0.2) is 0 Å². The van der Waals surface area contributed by atoms with Crippen LogP contribution in [0, 0.1) is 0 Å². The van der Waals surface area contributed by atoms with Crippen molar-refractivity contribution in [3.63, 3.8) is 0 Å². The molecule has 0 spiro atoms. The van der Waals surface area contributed by atoms with Gasteiger partial charge in [-0.1, -0.05) is 35.0 Å². The molecular weight excluding hydrogens is 370 g/mol. The fraction of sp³-hybridized carbons (Fsp3) is 0.263. The molecule has 4 nitrogen and oxygen atoms in total. The van der Waals surface area contributed by atoms with Crippen molar-refractivity contribution in [2.45, 2.75) is 20.3 Å². The van der Waals surface area contributed by atoms with Crippen LogP contribution in [0.15, 0.2) is 46.9 Å². The van der Waals surface area contributed by atoms with Crippen molar-refractivity contribution >= 4 is 27.8 Å². The average Bonchev–Trinajstić information content (AvgIpc) is 2.59. The lowest BCUT2D eigenvalue weighted by atomic mass is 9.99. The Hall–Kier alpha value is -2.14. The van der Waals surface area contributed by atoms with E-state index in [-0.39, 0.29) is 11.5 Å². The molecule has 0 saturated carbocycles. The summed E-state index contributed by atoms with van der Waals surface area (Å²) in [5.41, 5.74) is 2.11. The third-order valence-electron chi connectivity index (χ3n) is 3.77. The monoisotopic (exact) mass is 389 g/mol. The maximum Gasteiger partial charge on any atom is 0.335 e. The Labute approximate surface area is 150 Å². The minimum Gasteiger partial charge on any atom is -0.478 e. The lowest BCUT2D eigenvalue weighted by molar-refractivity contribution is 0.0697. The smallest absolute Gasteiger partial charge is 0.335 e. The van der Waals surface area contributed by atoms with Crippen LogP contribution in [-0.2, 0) is 0 Å². The molecule has 5 heteroatoms. The third-order valence-corrected chi connectivity index (χ3v) is 4.30. The topological polar surface area (TPSA) is 57.6 Å². The van der Waals surface area contributed by atoms with Gasteiger partial charge < -0.3 is 10.0 Å². The number of carboxylic acids is 1. The Morgan fingerprint density at radius 2 is 1.62 bits per heavy atom. The molecule has 2 aromatic rings. The van der Waals surface area contributed by atoms with Crippen LogP contribution in [-0.4, -0.2) is 35.0 Å². The van der Waals surface area contributed by atoms with E-state index in [1.54, 1.807) is 17.0 Å². The van der Waals surface area contributed by atoms with E-state index in [0.29, 0.717) is 18.7 Å². The fourth-order valence-electron chi connectivity index (χ4n) is 2.54. The maximum absolute atomic E-state index is 12.7. The SMILES string of the molecule is CCCN(CC)C(=O)c1cc(C(=O)O)cc(-c2ccc(Br)cc2)c1. The van der Waals surface area contributed by atoms with E-state index in [9.17, 15) is 14.7 Å². The van der Waals surface area contributed by atoms with Gasteiger partial charge in [-0.15, -0.1) is 0 Å². The van der Waals surface area contributed by atoms with Gasteiger partial charge in [0, 0.05) is 23.1 Å². The van der Waals surface area contributed by atoms with Crippen LogP contribution in [0.25, 0.3) is 11.1 Å². The van der Waals surface area contributed by atoms with Gasteiger partial charge in [-0.2, -0.15) is 0 Å². The highest BCUT2D eigenvalue weighted by Crippen LogP contribution is 2.25. The van der Waals surface area contributed by atoms with Gasteiger partial charge in [-0.25, -0.2) is 4.79 Å². The molecule has 0 atom stereocenters. The summed E-state index contributed by atoms with van der Waals surface area (Å²) in [6.45, 7) is 5.18. The lowest BCUT2D eigenvalue weighted by Crippen LogP contribution is -2.31. The molecule has 0 unspecified atom stereocenters. The van der Waals surface area contributed by atoms with Crippen molar-refractivity contribution in [3.8, 4) is 11.1 Å². The summed E-state index contributed by atoms with van der Waals surface area (Å²) in [6.07, 6.45) is 0.859. The Kier molecular flexibility index (Phi) is 6.15. The van der Waals surface area contributed by atoms with E-state index >= 15 is 0 Å². The minimum absolute atomic E-state index is 0.117. The Balaban J connectivity index is 2.50. The number of amides is 1. The normalized spacial score (nSPS) is 10.5. The molecule has 2 rings (SSSR count). The van der Waals surface area contributed by atoms with Gasteiger partial charge >= 0.3 is 5.97 Å². The van der Waals surface area contributed by atoms with Gasteiger partial charge in [0.25, 0.3) is 5.91 Å². The van der Waals surface area contributed by atoms with Crippen LogP contribution >= 0.6 is 15.9 Å².